The molecule has 1 aliphatic rings. The van der Waals surface area contributed by atoms with Crippen LogP contribution in [0.5, 0.6) is 5.75 Å². The predicted octanol–water partition coefficient (Wildman–Crippen LogP) is 6.18. The van der Waals surface area contributed by atoms with Crippen LogP contribution < -0.4 is 9.64 Å². The Balaban J connectivity index is 1.52. The molecule has 3 aromatic carbocycles. The number of fused-ring (bicyclic) bond motifs is 1. The highest BCUT2D eigenvalue weighted by Crippen LogP contribution is 2.39. The quantitative estimate of drug-likeness (QED) is 0.383. The number of nitrogens with zero attached hydrogens (tertiary/aromatic N) is 2. The lowest BCUT2D eigenvalue weighted by Gasteiger charge is -2.34. The minimum absolute atomic E-state index is 0.000689. The highest BCUT2D eigenvalue weighted by molar-refractivity contribution is 7.13. The monoisotopic (exact) mass is 426 g/mol. The predicted molar refractivity (Wildman–Crippen MR) is 125 cm³/mol. The zero-order valence-corrected chi connectivity index (χ0v) is 18.0. The molecule has 1 aromatic heterocycles. The van der Waals surface area contributed by atoms with Crippen LogP contribution in [0.4, 0.5) is 5.69 Å². The summed E-state index contributed by atoms with van der Waals surface area (Å²) in [5, 5.41) is 3.04. The Kier molecular flexibility index (Phi) is 5.26. The van der Waals surface area contributed by atoms with Gasteiger partial charge in [0.05, 0.1) is 17.9 Å². The van der Waals surface area contributed by atoms with Gasteiger partial charge < -0.3 is 9.64 Å². The molecule has 1 unspecified atom stereocenters. The topological polar surface area (TPSA) is 42.4 Å². The van der Waals surface area contributed by atoms with Gasteiger partial charge in [0.2, 0.25) is 0 Å². The molecule has 0 spiro atoms. The fraction of sp³-hybridized carbons (Fsp3) is 0.154. The molecule has 1 atom stereocenters. The molecule has 0 aliphatic carbocycles. The van der Waals surface area contributed by atoms with Crippen molar-refractivity contribution in [3.63, 3.8) is 0 Å². The summed E-state index contributed by atoms with van der Waals surface area (Å²) in [6, 6.07) is 26.2. The maximum atomic E-state index is 13.1. The van der Waals surface area contributed by atoms with E-state index in [2.05, 4.69) is 17.5 Å². The smallest absolute Gasteiger partial charge is 0.268 e. The normalized spacial score (nSPS) is 15.5. The van der Waals surface area contributed by atoms with Crippen LogP contribution in [-0.2, 0) is 11.3 Å². The van der Waals surface area contributed by atoms with Crippen LogP contribution in [0, 0.1) is 0 Å². The number of carbonyl (C=O) groups excluding carboxylic acids is 1. The standard InChI is InChI=1S/C26H22N2O2S/c1-2-23-26(29)28(16-18-9-5-3-6-10-18)22-15-20(13-14-24(22)30-23)21-17-31-25(27-21)19-11-7-4-8-12-19/h3-15,17,23H,2,16H2,1H3. The molecule has 5 heteroatoms. The van der Waals surface area contributed by atoms with Gasteiger partial charge in [-0.3, -0.25) is 4.79 Å². The summed E-state index contributed by atoms with van der Waals surface area (Å²) in [6.07, 6.45) is 0.184. The molecule has 4 nitrogen and oxygen atoms in total. The maximum Gasteiger partial charge on any atom is 0.268 e. The Morgan fingerprint density at radius 1 is 0.968 bits per heavy atom. The van der Waals surface area contributed by atoms with Crippen LogP contribution >= 0.6 is 11.3 Å². The largest absolute Gasteiger partial charge is 0.478 e. The van der Waals surface area contributed by atoms with Crippen LogP contribution in [0.25, 0.3) is 21.8 Å². The molecule has 0 N–H and O–H groups in total. The molecule has 0 bridgehead atoms. The average Bonchev–Trinajstić information content (AvgIpc) is 3.32. The Morgan fingerprint density at radius 2 is 1.71 bits per heavy atom. The Hall–Kier alpha value is -3.44. The van der Waals surface area contributed by atoms with Gasteiger partial charge in [0.1, 0.15) is 10.8 Å². The van der Waals surface area contributed by atoms with Crippen molar-refractivity contribution in [2.45, 2.75) is 26.0 Å². The van der Waals surface area contributed by atoms with E-state index in [-0.39, 0.29) is 5.91 Å². The van der Waals surface area contributed by atoms with Gasteiger partial charge in [-0.05, 0) is 30.2 Å². The number of ether oxygens (including phenoxy) is 1. The van der Waals surface area contributed by atoms with E-state index in [1.54, 1.807) is 11.3 Å². The van der Waals surface area contributed by atoms with Crippen LogP contribution in [0.1, 0.15) is 18.9 Å². The van der Waals surface area contributed by atoms with Gasteiger partial charge in [0.25, 0.3) is 5.91 Å². The number of amides is 1. The summed E-state index contributed by atoms with van der Waals surface area (Å²) in [4.78, 5) is 19.8. The first-order valence-corrected chi connectivity index (χ1v) is 11.3. The van der Waals surface area contributed by atoms with Crippen LogP contribution in [0.3, 0.4) is 0 Å². The maximum absolute atomic E-state index is 13.1. The highest BCUT2D eigenvalue weighted by atomic mass is 32.1. The fourth-order valence-electron chi connectivity index (χ4n) is 3.79. The second kappa shape index (κ2) is 8.36. The number of hydrogen-bond donors (Lipinski definition) is 0. The number of hydrogen-bond acceptors (Lipinski definition) is 4. The zero-order chi connectivity index (χ0) is 21.2. The molecular formula is C26H22N2O2S. The van der Waals surface area contributed by atoms with Gasteiger partial charge in [0, 0.05) is 16.5 Å². The van der Waals surface area contributed by atoms with Crippen molar-refractivity contribution in [2.24, 2.45) is 0 Å². The van der Waals surface area contributed by atoms with Crippen LogP contribution in [0.2, 0.25) is 0 Å². The van der Waals surface area contributed by atoms with Crippen molar-refractivity contribution in [1.29, 1.82) is 0 Å². The van der Waals surface area contributed by atoms with Crippen LogP contribution in [0.15, 0.2) is 84.2 Å². The van der Waals surface area contributed by atoms with Gasteiger partial charge in [-0.2, -0.15) is 0 Å². The number of rotatable bonds is 5. The fourth-order valence-corrected chi connectivity index (χ4v) is 4.63. The molecule has 0 radical (unpaired) electrons. The molecule has 5 rings (SSSR count). The molecule has 4 aromatic rings. The minimum Gasteiger partial charge on any atom is -0.478 e. The number of benzene rings is 3. The third kappa shape index (κ3) is 3.84. The highest BCUT2D eigenvalue weighted by Gasteiger charge is 2.33. The van der Waals surface area contributed by atoms with E-state index in [0.29, 0.717) is 13.0 Å². The number of carbonyl (C=O) groups is 1. The Morgan fingerprint density at radius 3 is 2.45 bits per heavy atom. The first kappa shape index (κ1) is 19.5. The van der Waals surface area contributed by atoms with E-state index in [9.17, 15) is 4.79 Å². The minimum atomic E-state index is -0.453. The third-order valence-corrected chi connectivity index (χ3v) is 6.33. The second-order valence-corrected chi connectivity index (χ2v) is 8.37. The molecule has 1 amide bonds. The van der Waals surface area contributed by atoms with Gasteiger partial charge in [-0.25, -0.2) is 4.98 Å². The molecule has 2 heterocycles. The molecule has 0 saturated heterocycles. The number of aromatic nitrogens is 1. The van der Waals surface area contributed by atoms with E-state index in [4.69, 9.17) is 9.72 Å². The van der Waals surface area contributed by atoms with Crippen molar-refractivity contribution in [1.82, 2.24) is 4.98 Å². The van der Waals surface area contributed by atoms with Gasteiger partial charge in [-0.15, -0.1) is 11.3 Å². The summed E-state index contributed by atoms with van der Waals surface area (Å²) in [5.74, 6) is 0.740. The van der Waals surface area contributed by atoms with Crippen molar-refractivity contribution in [3.05, 3.63) is 89.8 Å². The van der Waals surface area contributed by atoms with E-state index in [0.717, 1.165) is 38.8 Å². The van der Waals surface area contributed by atoms with Crippen molar-refractivity contribution in [3.8, 4) is 27.6 Å². The van der Waals surface area contributed by atoms with E-state index < -0.39 is 6.10 Å². The SMILES string of the molecule is CCC1Oc2ccc(-c3csc(-c4ccccc4)n3)cc2N(Cc2ccccc2)C1=O. The van der Waals surface area contributed by atoms with Crippen molar-refractivity contribution in [2.75, 3.05) is 4.90 Å². The van der Waals surface area contributed by atoms with Gasteiger partial charge in [0.15, 0.2) is 6.10 Å². The first-order chi connectivity index (χ1) is 15.2. The summed E-state index contributed by atoms with van der Waals surface area (Å²) in [7, 11) is 0. The average molecular weight is 427 g/mol. The summed E-state index contributed by atoms with van der Waals surface area (Å²) in [6.45, 7) is 2.49. The summed E-state index contributed by atoms with van der Waals surface area (Å²) >= 11 is 1.62. The van der Waals surface area contributed by atoms with Gasteiger partial charge >= 0.3 is 0 Å². The third-order valence-electron chi connectivity index (χ3n) is 5.44. The lowest BCUT2D eigenvalue weighted by molar-refractivity contribution is -0.126. The zero-order valence-electron chi connectivity index (χ0n) is 17.2. The lowest BCUT2D eigenvalue weighted by atomic mass is 10.1. The Labute approximate surface area is 185 Å². The van der Waals surface area contributed by atoms with Crippen molar-refractivity contribution < 1.29 is 9.53 Å². The second-order valence-electron chi connectivity index (χ2n) is 7.51. The van der Waals surface area contributed by atoms with E-state index in [1.165, 1.54) is 0 Å². The summed E-state index contributed by atoms with van der Waals surface area (Å²) < 4.78 is 6.02. The molecule has 31 heavy (non-hydrogen) atoms. The molecule has 0 saturated carbocycles. The molecule has 0 fully saturated rings. The number of anilines is 1. The first-order valence-electron chi connectivity index (χ1n) is 10.4. The lowest BCUT2D eigenvalue weighted by Crippen LogP contribution is -2.45. The number of thiazole rings is 1. The molecular weight excluding hydrogens is 404 g/mol. The van der Waals surface area contributed by atoms with E-state index in [1.807, 2.05) is 78.6 Å². The van der Waals surface area contributed by atoms with E-state index >= 15 is 0 Å². The Bertz CT molecular complexity index is 1200. The van der Waals surface area contributed by atoms with Gasteiger partial charge in [-0.1, -0.05) is 67.6 Å². The van der Waals surface area contributed by atoms with Crippen LogP contribution in [-0.4, -0.2) is 17.0 Å². The molecule has 1 aliphatic heterocycles. The summed E-state index contributed by atoms with van der Waals surface area (Å²) in [5.41, 5.74) is 4.86. The van der Waals surface area contributed by atoms with Crippen molar-refractivity contribution >= 4 is 22.9 Å². The molecule has 154 valence electrons.